The number of carbonyl (C=O) groups is 1. The molecule has 0 saturated carbocycles. The summed E-state index contributed by atoms with van der Waals surface area (Å²) >= 11 is 1.30. The lowest BCUT2D eigenvalue weighted by atomic mass is 10.1. The van der Waals surface area contributed by atoms with Gasteiger partial charge in [-0.1, -0.05) is 6.07 Å². The molecule has 2 rings (SSSR count). The summed E-state index contributed by atoms with van der Waals surface area (Å²) in [6, 6.07) is 4.86. The Morgan fingerprint density at radius 3 is 2.78 bits per heavy atom. The lowest BCUT2D eigenvalue weighted by Gasteiger charge is -2.10. The molecule has 1 amide bonds. The van der Waals surface area contributed by atoms with Crippen molar-refractivity contribution in [2.75, 3.05) is 21.2 Å². The second-order valence-corrected chi connectivity index (χ2v) is 5.21. The van der Waals surface area contributed by atoms with Crippen LogP contribution in [0.2, 0.25) is 0 Å². The molecule has 0 fully saturated rings. The minimum Gasteiger partial charge on any atom is -0.380 e. The Labute approximate surface area is 109 Å². The Balaban J connectivity index is 2.69. The molecule has 1 heterocycles. The fourth-order valence-corrected chi connectivity index (χ4v) is 3.07. The highest BCUT2D eigenvalue weighted by atomic mass is 32.1. The zero-order chi connectivity index (χ0) is 13.3. The quantitative estimate of drug-likeness (QED) is 0.855. The van der Waals surface area contributed by atoms with Crippen molar-refractivity contribution in [1.82, 2.24) is 4.90 Å². The Hall–Kier alpha value is -1.46. The number of methoxy groups -OCH3 is 1. The predicted octanol–water partition coefficient (Wildman–Crippen LogP) is 2.89. The fourth-order valence-electron chi connectivity index (χ4n) is 1.83. The summed E-state index contributed by atoms with van der Waals surface area (Å²) in [5.74, 6) is -0.434. The van der Waals surface area contributed by atoms with Crippen molar-refractivity contribution in [2.45, 2.75) is 6.61 Å². The van der Waals surface area contributed by atoms with Gasteiger partial charge in [-0.25, -0.2) is 4.39 Å². The van der Waals surface area contributed by atoms with Crippen LogP contribution in [0, 0.1) is 5.82 Å². The second-order valence-electron chi connectivity index (χ2n) is 4.16. The van der Waals surface area contributed by atoms with Gasteiger partial charge in [0.1, 0.15) is 5.82 Å². The molecule has 2 aromatic rings. The average molecular weight is 267 g/mol. The molecule has 1 aromatic heterocycles. The molecule has 0 unspecified atom stereocenters. The Bertz CT molecular complexity index is 592. The van der Waals surface area contributed by atoms with Crippen molar-refractivity contribution < 1.29 is 13.9 Å². The minimum atomic E-state index is -0.311. The number of benzene rings is 1. The van der Waals surface area contributed by atoms with E-state index in [2.05, 4.69) is 0 Å². The highest BCUT2D eigenvalue weighted by Crippen LogP contribution is 2.34. The van der Waals surface area contributed by atoms with Crippen LogP contribution in [-0.4, -0.2) is 32.0 Å². The van der Waals surface area contributed by atoms with Crippen LogP contribution < -0.4 is 0 Å². The van der Waals surface area contributed by atoms with Gasteiger partial charge in [0.15, 0.2) is 0 Å². The van der Waals surface area contributed by atoms with Crippen LogP contribution >= 0.6 is 11.3 Å². The maximum atomic E-state index is 13.9. The highest BCUT2D eigenvalue weighted by Gasteiger charge is 2.21. The van der Waals surface area contributed by atoms with E-state index in [1.54, 1.807) is 20.2 Å². The summed E-state index contributed by atoms with van der Waals surface area (Å²) in [6.45, 7) is 0.232. The molecule has 0 aliphatic heterocycles. The maximum Gasteiger partial charge on any atom is 0.263 e. The van der Waals surface area contributed by atoms with E-state index in [0.717, 1.165) is 4.70 Å². The normalized spacial score (nSPS) is 10.9. The summed E-state index contributed by atoms with van der Waals surface area (Å²) in [5.41, 5.74) is 0.634. The van der Waals surface area contributed by atoms with Crippen LogP contribution in [0.3, 0.4) is 0 Å². The molecule has 0 atom stereocenters. The van der Waals surface area contributed by atoms with Gasteiger partial charge in [0, 0.05) is 36.9 Å². The molecule has 0 bridgehead atoms. The number of halogens is 1. The smallest absolute Gasteiger partial charge is 0.263 e. The van der Waals surface area contributed by atoms with Gasteiger partial charge in [0.25, 0.3) is 5.91 Å². The molecular weight excluding hydrogens is 253 g/mol. The first-order chi connectivity index (χ1) is 8.56. The van der Waals surface area contributed by atoms with Gasteiger partial charge in [-0.2, -0.15) is 0 Å². The molecule has 0 aliphatic carbocycles. The van der Waals surface area contributed by atoms with E-state index >= 15 is 0 Å². The molecule has 0 radical (unpaired) electrons. The van der Waals surface area contributed by atoms with Gasteiger partial charge >= 0.3 is 0 Å². The number of ether oxygens (including phenoxy) is 1. The molecule has 1 aromatic carbocycles. The van der Waals surface area contributed by atoms with Crippen molar-refractivity contribution >= 4 is 27.3 Å². The molecule has 3 nitrogen and oxygen atoms in total. The highest BCUT2D eigenvalue weighted by molar-refractivity contribution is 7.21. The van der Waals surface area contributed by atoms with Gasteiger partial charge < -0.3 is 9.64 Å². The number of fused-ring (bicyclic) bond motifs is 1. The van der Waals surface area contributed by atoms with Crippen LogP contribution in [0.4, 0.5) is 4.39 Å². The van der Waals surface area contributed by atoms with Gasteiger partial charge in [-0.15, -0.1) is 11.3 Å². The SMILES string of the molecule is COCc1c(C(=O)N(C)C)sc2cccc(F)c12. The number of rotatable bonds is 3. The molecule has 0 saturated heterocycles. The average Bonchev–Trinajstić information content (AvgIpc) is 2.69. The molecule has 96 valence electrons. The van der Waals surface area contributed by atoms with Crippen LogP contribution in [0.5, 0.6) is 0 Å². The number of carbonyl (C=O) groups excluding carboxylic acids is 1. The van der Waals surface area contributed by atoms with E-state index in [4.69, 9.17) is 4.74 Å². The largest absolute Gasteiger partial charge is 0.380 e. The topological polar surface area (TPSA) is 29.5 Å². The summed E-state index contributed by atoms with van der Waals surface area (Å²) in [6.07, 6.45) is 0. The predicted molar refractivity (Wildman–Crippen MR) is 70.5 cm³/mol. The number of hydrogen-bond donors (Lipinski definition) is 0. The van der Waals surface area contributed by atoms with E-state index in [1.165, 1.54) is 29.4 Å². The van der Waals surface area contributed by atoms with E-state index in [9.17, 15) is 9.18 Å². The first-order valence-corrected chi connectivity index (χ1v) is 6.28. The molecule has 18 heavy (non-hydrogen) atoms. The molecule has 5 heteroatoms. The van der Waals surface area contributed by atoms with E-state index < -0.39 is 0 Å². The van der Waals surface area contributed by atoms with E-state index in [0.29, 0.717) is 15.8 Å². The lowest BCUT2D eigenvalue weighted by Crippen LogP contribution is -2.21. The van der Waals surface area contributed by atoms with Crippen LogP contribution in [0.1, 0.15) is 15.2 Å². The third kappa shape index (κ3) is 2.11. The van der Waals surface area contributed by atoms with Gasteiger partial charge in [0.2, 0.25) is 0 Å². The standard InChI is InChI=1S/C13H14FNO2S/c1-15(2)13(16)12-8(7-17-3)11-9(14)5-4-6-10(11)18-12/h4-6H,7H2,1-3H3. The first-order valence-electron chi connectivity index (χ1n) is 5.46. The Morgan fingerprint density at radius 2 is 2.17 bits per heavy atom. The number of thiophene rings is 1. The first kappa shape index (κ1) is 13.0. The van der Waals surface area contributed by atoms with Crippen molar-refractivity contribution in [1.29, 1.82) is 0 Å². The van der Waals surface area contributed by atoms with Crippen LogP contribution in [-0.2, 0) is 11.3 Å². The van der Waals surface area contributed by atoms with Gasteiger partial charge in [-0.05, 0) is 12.1 Å². The monoisotopic (exact) mass is 267 g/mol. The zero-order valence-corrected chi connectivity index (χ0v) is 11.3. The Kier molecular flexibility index (Phi) is 3.63. The number of hydrogen-bond acceptors (Lipinski definition) is 3. The number of nitrogens with zero attached hydrogens (tertiary/aromatic N) is 1. The number of amides is 1. The van der Waals surface area contributed by atoms with Crippen molar-refractivity contribution in [3.63, 3.8) is 0 Å². The molecular formula is C13H14FNO2S. The summed E-state index contributed by atoms with van der Waals surface area (Å²) < 4.78 is 19.7. The molecule has 0 N–H and O–H groups in total. The fraction of sp³-hybridized carbons (Fsp3) is 0.308. The third-order valence-electron chi connectivity index (χ3n) is 2.65. The van der Waals surface area contributed by atoms with Gasteiger partial charge in [-0.3, -0.25) is 4.79 Å². The third-order valence-corrected chi connectivity index (χ3v) is 3.84. The molecule has 0 aliphatic rings. The maximum absolute atomic E-state index is 13.9. The van der Waals surface area contributed by atoms with Crippen LogP contribution in [0.25, 0.3) is 10.1 Å². The van der Waals surface area contributed by atoms with Crippen LogP contribution in [0.15, 0.2) is 18.2 Å². The van der Waals surface area contributed by atoms with E-state index in [1.807, 2.05) is 6.07 Å². The lowest BCUT2D eigenvalue weighted by molar-refractivity contribution is 0.0828. The van der Waals surface area contributed by atoms with Crippen molar-refractivity contribution in [3.8, 4) is 0 Å². The zero-order valence-electron chi connectivity index (χ0n) is 10.5. The second kappa shape index (κ2) is 5.04. The summed E-state index contributed by atoms with van der Waals surface area (Å²) in [5, 5.41) is 0.495. The summed E-state index contributed by atoms with van der Waals surface area (Å²) in [7, 11) is 4.90. The van der Waals surface area contributed by atoms with E-state index in [-0.39, 0.29) is 18.3 Å². The van der Waals surface area contributed by atoms with Crippen molar-refractivity contribution in [2.24, 2.45) is 0 Å². The van der Waals surface area contributed by atoms with Gasteiger partial charge in [0.05, 0.1) is 11.5 Å². The minimum absolute atomic E-state index is 0.123. The van der Waals surface area contributed by atoms with Crippen molar-refractivity contribution in [3.05, 3.63) is 34.5 Å². The summed E-state index contributed by atoms with van der Waals surface area (Å²) in [4.78, 5) is 14.1. The Morgan fingerprint density at radius 1 is 1.44 bits per heavy atom. The molecule has 0 spiro atoms.